The predicted octanol–water partition coefficient (Wildman–Crippen LogP) is 2.55. The highest BCUT2D eigenvalue weighted by atomic mass is 19.1. The molecule has 16 heavy (non-hydrogen) atoms. The molecule has 0 N–H and O–H groups in total. The molecule has 0 fully saturated rings. The van der Waals surface area contributed by atoms with Crippen LogP contribution in [0.2, 0.25) is 0 Å². The molecular formula is C12H15FO3. The van der Waals surface area contributed by atoms with E-state index in [1.807, 2.05) is 6.92 Å². The third-order valence-electron chi connectivity index (χ3n) is 1.94. The van der Waals surface area contributed by atoms with Gasteiger partial charge in [0.05, 0.1) is 6.61 Å². The molecule has 0 heterocycles. The van der Waals surface area contributed by atoms with E-state index >= 15 is 0 Å². The number of esters is 1. The summed E-state index contributed by atoms with van der Waals surface area (Å²) in [5.41, 5.74) is 0. The van der Waals surface area contributed by atoms with E-state index in [2.05, 4.69) is 0 Å². The van der Waals surface area contributed by atoms with E-state index < -0.39 is 11.8 Å². The van der Waals surface area contributed by atoms with Gasteiger partial charge in [-0.05, 0) is 18.6 Å². The first-order chi connectivity index (χ1) is 7.74. The zero-order chi connectivity index (χ0) is 11.8. The number of rotatable bonds is 6. The summed E-state index contributed by atoms with van der Waals surface area (Å²) in [5.74, 6) is -0.893. The molecule has 0 bridgehead atoms. The molecule has 0 radical (unpaired) electrons. The summed E-state index contributed by atoms with van der Waals surface area (Å²) in [7, 11) is 0. The Morgan fingerprint density at radius 3 is 2.81 bits per heavy atom. The normalized spacial score (nSPS) is 9.88. The van der Waals surface area contributed by atoms with Crippen LogP contribution in [0.5, 0.6) is 5.75 Å². The van der Waals surface area contributed by atoms with Gasteiger partial charge in [0.1, 0.15) is 0 Å². The molecule has 0 saturated heterocycles. The van der Waals surface area contributed by atoms with Gasteiger partial charge in [-0.1, -0.05) is 25.5 Å². The van der Waals surface area contributed by atoms with Crippen LogP contribution in [0.15, 0.2) is 24.3 Å². The molecule has 0 atom stereocenters. The fourth-order valence-electron chi connectivity index (χ4n) is 1.07. The van der Waals surface area contributed by atoms with Crippen LogP contribution in [-0.2, 0) is 9.53 Å². The molecule has 0 aromatic heterocycles. The molecule has 0 aliphatic heterocycles. The number of unbranched alkanes of at least 4 members (excludes halogenated alkanes) is 1. The number of ether oxygens (including phenoxy) is 2. The minimum Gasteiger partial charge on any atom is -0.479 e. The maximum absolute atomic E-state index is 13.1. The highest BCUT2D eigenvalue weighted by molar-refractivity contribution is 5.71. The lowest BCUT2D eigenvalue weighted by molar-refractivity contribution is -0.146. The predicted molar refractivity (Wildman–Crippen MR) is 57.8 cm³/mol. The molecule has 0 amide bonds. The molecule has 0 spiro atoms. The highest BCUT2D eigenvalue weighted by Gasteiger charge is 2.06. The number of hydrogen-bond acceptors (Lipinski definition) is 3. The van der Waals surface area contributed by atoms with Gasteiger partial charge >= 0.3 is 5.97 Å². The van der Waals surface area contributed by atoms with Crippen molar-refractivity contribution in [1.82, 2.24) is 0 Å². The summed E-state index contributed by atoms with van der Waals surface area (Å²) in [6.45, 7) is 2.13. The van der Waals surface area contributed by atoms with Gasteiger partial charge in [0.15, 0.2) is 18.2 Å². The monoisotopic (exact) mass is 226 g/mol. The average molecular weight is 226 g/mol. The van der Waals surface area contributed by atoms with Crippen molar-refractivity contribution >= 4 is 5.97 Å². The lowest BCUT2D eigenvalue weighted by Gasteiger charge is -2.06. The van der Waals surface area contributed by atoms with Crippen LogP contribution >= 0.6 is 0 Å². The molecule has 88 valence electrons. The Labute approximate surface area is 94.2 Å². The Kier molecular flexibility index (Phi) is 5.32. The van der Waals surface area contributed by atoms with Gasteiger partial charge in [-0.2, -0.15) is 0 Å². The summed E-state index contributed by atoms with van der Waals surface area (Å²) in [6.07, 6.45) is 1.78. The third-order valence-corrected chi connectivity index (χ3v) is 1.94. The minimum absolute atomic E-state index is 0.0648. The van der Waals surface area contributed by atoms with Crippen molar-refractivity contribution in [3.8, 4) is 5.75 Å². The topological polar surface area (TPSA) is 35.5 Å². The van der Waals surface area contributed by atoms with Gasteiger partial charge in [-0.3, -0.25) is 0 Å². The number of hydrogen-bond donors (Lipinski definition) is 0. The second-order valence-corrected chi connectivity index (χ2v) is 3.29. The van der Waals surface area contributed by atoms with Crippen molar-refractivity contribution in [2.24, 2.45) is 0 Å². The molecule has 4 heteroatoms. The van der Waals surface area contributed by atoms with Gasteiger partial charge in [0, 0.05) is 0 Å². The lowest BCUT2D eigenvalue weighted by Crippen LogP contribution is -2.15. The van der Waals surface area contributed by atoms with E-state index in [0.717, 1.165) is 12.8 Å². The second-order valence-electron chi connectivity index (χ2n) is 3.29. The van der Waals surface area contributed by atoms with Crippen LogP contribution in [0.1, 0.15) is 19.8 Å². The maximum Gasteiger partial charge on any atom is 0.344 e. The first-order valence-electron chi connectivity index (χ1n) is 5.27. The van der Waals surface area contributed by atoms with Crippen molar-refractivity contribution in [2.45, 2.75) is 19.8 Å². The van der Waals surface area contributed by atoms with Gasteiger partial charge in [0.25, 0.3) is 0 Å². The first kappa shape index (κ1) is 12.5. The summed E-state index contributed by atoms with van der Waals surface area (Å²) in [5, 5.41) is 0. The van der Waals surface area contributed by atoms with Gasteiger partial charge in [-0.15, -0.1) is 0 Å². The summed E-state index contributed by atoms with van der Waals surface area (Å²) in [4.78, 5) is 11.1. The molecule has 0 aliphatic rings. The molecule has 0 saturated carbocycles. The zero-order valence-electron chi connectivity index (χ0n) is 9.24. The van der Waals surface area contributed by atoms with Gasteiger partial charge in [-0.25, -0.2) is 9.18 Å². The molecule has 3 nitrogen and oxygen atoms in total. The van der Waals surface area contributed by atoms with Crippen LogP contribution in [0, 0.1) is 5.82 Å². The lowest BCUT2D eigenvalue weighted by atomic mass is 10.3. The van der Waals surface area contributed by atoms with E-state index in [0.29, 0.717) is 6.61 Å². The maximum atomic E-state index is 13.1. The van der Waals surface area contributed by atoms with Crippen molar-refractivity contribution in [3.63, 3.8) is 0 Å². The van der Waals surface area contributed by atoms with Crippen molar-refractivity contribution in [3.05, 3.63) is 30.1 Å². The fourth-order valence-corrected chi connectivity index (χ4v) is 1.07. The summed E-state index contributed by atoms with van der Waals surface area (Å²) >= 11 is 0. The summed E-state index contributed by atoms with van der Waals surface area (Å²) < 4.78 is 22.9. The molecular weight excluding hydrogens is 211 g/mol. The second kappa shape index (κ2) is 6.82. The quantitative estimate of drug-likeness (QED) is 0.552. The van der Waals surface area contributed by atoms with Crippen LogP contribution < -0.4 is 4.74 Å². The molecule has 0 unspecified atom stereocenters. The number of halogens is 1. The molecule has 1 aromatic rings. The van der Waals surface area contributed by atoms with Crippen LogP contribution in [0.25, 0.3) is 0 Å². The van der Waals surface area contributed by atoms with Crippen LogP contribution in [0.3, 0.4) is 0 Å². The van der Waals surface area contributed by atoms with Gasteiger partial charge < -0.3 is 9.47 Å². The molecule has 1 aromatic carbocycles. The smallest absolute Gasteiger partial charge is 0.344 e. The largest absolute Gasteiger partial charge is 0.479 e. The van der Waals surface area contributed by atoms with E-state index in [9.17, 15) is 9.18 Å². The van der Waals surface area contributed by atoms with E-state index in [1.165, 1.54) is 12.1 Å². The third kappa shape index (κ3) is 4.29. The van der Waals surface area contributed by atoms with Crippen molar-refractivity contribution < 1.29 is 18.7 Å². The number of benzene rings is 1. The van der Waals surface area contributed by atoms with E-state index in [4.69, 9.17) is 9.47 Å². The molecule has 1 rings (SSSR count). The minimum atomic E-state index is -0.483. The van der Waals surface area contributed by atoms with Crippen molar-refractivity contribution in [1.29, 1.82) is 0 Å². The highest BCUT2D eigenvalue weighted by Crippen LogP contribution is 2.14. The van der Waals surface area contributed by atoms with Gasteiger partial charge in [0.2, 0.25) is 0 Å². The van der Waals surface area contributed by atoms with Crippen LogP contribution in [-0.4, -0.2) is 19.2 Å². The van der Waals surface area contributed by atoms with E-state index in [-0.39, 0.29) is 12.4 Å². The Morgan fingerprint density at radius 1 is 1.38 bits per heavy atom. The standard InChI is InChI=1S/C12H15FO3/c1-2-3-8-15-12(14)9-16-11-7-5-4-6-10(11)13/h4-7H,2-3,8-9H2,1H3. The number of para-hydroxylation sites is 1. The van der Waals surface area contributed by atoms with Crippen LogP contribution in [0.4, 0.5) is 4.39 Å². The Bertz CT molecular complexity index is 339. The number of carbonyl (C=O) groups is 1. The zero-order valence-corrected chi connectivity index (χ0v) is 9.24. The Balaban J connectivity index is 2.29. The summed E-state index contributed by atoms with van der Waals surface area (Å²) in [6, 6.07) is 5.94. The molecule has 0 aliphatic carbocycles. The Hall–Kier alpha value is -1.58. The SMILES string of the molecule is CCCCOC(=O)COc1ccccc1F. The first-order valence-corrected chi connectivity index (χ1v) is 5.27. The number of carbonyl (C=O) groups excluding carboxylic acids is 1. The fraction of sp³-hybridized carbons (Fsp3) is 0.417. The average Bonchev–Trinajstić information content (AvgIpc) is 2.28. The Morgan fingerprint density at radius 2 is 2.12 bits per heavy atom. The van der Waals surface area contributed by atoms with E-state index in [1.54, 1.807) is 12.1 Å². The van der Waals surface area contributed by atoms with Crippen molar-refractivity contribution in [2.75, 3.05) is 13.2 Å².